The molecule has 2 heteroatoms. The third kappa shape index (κ3) is 3.92. The van der Waals surface area contributed by atoms with Crippen LogP contribution in [0.4, 0.5) is 0 Å². The van der Waals surface area contributed by atoms with Crippen LogP contribution in [0, 0.1) is 0 Å². The molecule has 0 bridgehead atoms. The quantitative estimate of drug-likeness (QED) is 0.210. The number of hydrogen-bond donors (Lipinski definition) is 0. The van der Waals surface area contributed by atoms with Crippen LogP contribution in [0.25, 0.3) is 72.1 Å². The van der Waals surface area contributed by atoms with Gasteiger partial charge in [-0.25, -0.2) is 4.98 Å². The van der Waals surface area contributed by atoms with E-state index in [1.54, 1.807) is 0 Å². The molecule has 0 amide bonds. The number of aromatic nitrogens is 2. The first-order valence-electron chi connectivity index (χ1n) is 14.0. The van der Waals surface area contributed by atoms with Crippen molar-refractivity contribution in [1.82, 2.24) is 9.38 Å². The van der Waals surface area contributed by atoms with Crippen LogP contribution in [0.2, 0.25) is 0 Å². The minimum atomic E-state index is 0.974. The van der Waals surface area contributed by atoms with Crippen molar-refractivity contribution in [2.45, 2.75) is 0 Å². The van der Waals surface area contributed by atoms with Gasteiger partial charge in [-0.3, -0.25) is 4.40 Å². The molecule has 8 aromatic rings. The van der Waals surface area contributed by atoms with Gasteiger partial charge in [0.05, 0.1) is 16.9 Å². The number of para-hydroxylation sites is 1. The molecule has 192 valence electrons. The maximum absolute atomic E-state index is 5.35. The molecule has 41 heavy (non-hydrogen) atoms. The summed E-state index contributed by atoms with van der Waals surface area (Å²) in [7, 11) is 0. The number of benzene rings is 6. The number of rotatable bonds is 4. The summed E-state index contributed by atoms with van der Waals surface area (Å²) in [6.45, 7) is 0. The van der Waals surface area contributed by atoms with E-state index in [1.807, 2.05) is 0 Å². The highest BCUT2D eigenvalue weighted by Crippen LogP contribution is 2.40. The molecular formula is C39H26N2. The Morgan fingerprint density at radius 3 is 1.56 bits per heavy atom. The highest BCUT2D eigenvalue weighted by Gasteiger charge is 2.20. The zero-order valence-electron chi connectivity index (χ0n) is 22.4. The fourth-order valence-corrected chi connectivity index (χ4v) is 6.02. The SMILES string of the molecule is c1ccc(-c2ccc(-c3ccc4c(c3)c3ccccc3n3c(-c5ccccc5)c(-c5ccccc5)nc43)cc2)cc1. The van der Waals surface area contributed by atoms with Crippen molar-refractivity contribution in [3.63, 3.8) is 0 Å². The van der Waals surface area contributed by atoms with Crippen molar-refractivity contribution in [3.8, 4) is 44.8 Å². The summed E-state index contributed by atoms with van der Waals surface area (Å²) in [5.74, 6) is 0. The maximum Gasteiger partial charge on any atom is 0.146 e. The zero-order chi connectivity index (χ0) is 27.2. The lowest BCUT2D eigenvalue weighted by Crippen LogP contribution is -1.94. The van der Waals surface area contributed by atoms with E-state index >= 15 is 0 Å². The predicted octanol–water partition coefficient (Wildman–Crippen LogP) is 10.3. The molecule has 6 aromatic carbocycles. The third-order valence-electron chi connectivity index (χ3n) is 7.99. The Morgan fingerprint density at radius 1 is 0.366 bits per heavy atom. The summed E-state index contributed by atoms with van der Waals surface area (Å²) in [5.41, 5.74) is 11.4. The fourth-order valence-electron chi connectivity index (χ4n) is 6.02. The zero-order valence-corrected chi connectivity index (χ0v) is 22.4. The second-order valence-electron chi connectivity index (χ2n) is 10.4. The minimum absolute atomic E-state index is 0.974. The molecule has 2 aromatic heterocycles. The molecule has 0 aliphatic heterocycles. The van der Waals surface area contributed by atoms with E-state index in [4.69, 9.17) is 4.98 Å². The van der Waals surface area contributed by atoms with Crippen LogP contribution in [-0.4, -0.2) is 9.38 Å². The van der Waals surface area contributed by atoms with Crippen molar-refractivity contribution < 1.29 is 0 Å². The summed E-state index contributed by atoms with van der Waals surface area (Å²) >= 11 is 0. The van der Waals surface area contributed by atoms with Crippen LogP contribution in [0.15, 0.2) is 158 Å². The molecule has 0 N–H and O–H groups in total. The van der Waals surface area contributed by atoms with E-state index in [9.17, 15) is 0 Å². The molecule has 0 unspecified atom stereocenters. The summed E-state index contributed by atoms with van der Waals surface area (Å²) < 4.78 is 2.35. The molecule has 0 aliphatic rings. The van der Waals surface area contributed by atoms with E-state index < -0.39 is 0 Å². The fraction of sp³-hybridized carbons (Fsp3) is 0. The van der Waals surface area contributed by atoms with Crippen molar-refractivity contribution in [2.75, 3.05) is 0 Å². The van der Waals surface area contributed by atoms with Gasteiger partial charge in [0, 0.05) is 21.9 Å². The number of fused-ring (bicyclic) bond motifs is 6. The van der Waals surface area contributed by atoms with E-state index in [1.165, 1.54) is 33.0 Å². The molecular weight excluding hydrogens is 496 g/mol. The largest absolute Gasteiger partial charge is 0.291 e. The monoisotopic (exact) mass is 522 g/mol. The van der Waals surface area contributed by atoms with Gasteiger partial charge in [0.25, 0.3) is 0 Å². The van der Waals surface area contributed by atoms with Crippen LogP contribution < -0.4 is 0 Å². The molecule has 8 rings (SSSR count). The predicted molar refractivity (Wildman–Crippen MR) is 172 cm³/mol. The summed E-state index contributed by atoms with van der Waals surface area (Å²) in [6, 6.07) is 56.0. The van der Waals surface area contributed by atoms with Crippen molar-refractivity contribution >= 4 is 27.3 Å². The number of imidazole rings is 1. The molecule has 0 saturated carbocycles. The van der Waals surface area contributed by atoms with Crippen molar-refractivity contribution in [3.05, 3.63) is 158 Å². The topological polar surface area (TPSA) is 17.3 Å². The average Bonchev–Trinajstić information content (AvgIpc) is 3.47. The van der Waals surface area contributed by atoms with Gasteiger partial charge in [0.1, 0.15) is 5.65 Å². The normalized spacial score (nSPS) is 11.4. The van der Waals surface area contributed by atoms with Crippen LogP contribution in [-0.2, 0) is 0 Å². The molecule has 0 fully saturated rings. The summed E-state index contributed by atoms with van der Waals surface area (Å²) in [6.07, 6.45) is 0. The van der Waals surface area contributed by atoms with Crippen molar-refractivity contribution in [1.29, 1.82) is 0 Å². The highest BCUT2D eigenvalue weighted by atomic mass is 15.0. The second kappa shape index (κ2) is 9.62. The number of hydrogen-bond acceptors (Lipinski definition) is 1. The van der Waals surface area contributed by atoms with Crippen molar-refractivity contribution in [2.24, 2.45) is 0 Å². The summed E-state index contributed by atoms with van der Waals surface area (Å²) in [5, 5.41) is 3.57. The molecule has 2 heterocycles. The van der Waals surface area contributed by atoms with Crippen LogP contribution >= 0.6 is 0 Å². The standard InChI is InChI=1S/C39H26N2/c1-4-12-27(13-5-1)28-20-22-29(23-21-28)32-24-25-34-35(26-32)33-18-10-11-19-36(33)41-38(31-16-8-3-9-17-31)37(40-39(34)41)30-14-6-2-7-15-30/h1-26H. The first-order valence-corrected chi connectivity index (χ1v) is 14.0. The molecule has 2 nitrogen and oxygen atoms in total. The molecule has 0 atom stereocenters. The molecule has 0 spiro atoms. The Labute approximate surface area is 238 Å². The number of pyridine rings is 1. The lowest BCUT2D eigenvalue weighted by Gasteiger charge is -2.13. The van der Waals surface area contributed by atoms with E-state index in [-0.39, 0.29) is 0 Å². The number of nitrogens with zero attached hydrogens (tertiary/aromatic N) is 2. The second-order valence-corrected chi connectivity index (χ2v) is 10.4. The third-order valence-corrected chi connectivity index (χ3v) is 7.99. The first-order chi connectivity index (χ1) is 20.3. The average molecular weight is 523 g/mol. The molecule has 0 radical (unpaired) electrons. The Bertz CT molecular complexity index is 2160. The van der Waals surface area contributed by atoms with Gasteiger partial charge in [-0.15, -0.1) is 0 Å². The van der Waals surface area contributed by atoms with E-state index in [0.29, 0.717) is 0 Å². The Morgan fingerprint density at radius 2 is 0.878 bits per heavy atom. The van der Waals surface area contributed by atoms with Gasteiger partial charge < -0.3 is 0 Å². The Hall–Kier alpha value is -5.47. The van der Waals surface area contributed by atoms with Gasteiger partial charge in [-0.05, 0) is 45.8 Å². The lowest BCUT2D eigenvalue weighted by molar-refractivity contribution is 1.27. The van der Waals surface area contributed by atoms with Crippen LogP contribution in [0.3, 0.4) is 0 Å². The summed E-state index contributed by atoms with van der Waals surface area (Å²) in [4.78, 5) is 5.35. The van der Waals surface area contributed by atoms with Gasteiger partial charge in [0.15, 0.2) is 0 Å². The van der Waals surface area contributed by atoms with Crippen LogP contribution in [0.1, 0.15) is 0 Å². The smallest absolute Gasteiger partial charge is 0.146 e. The maximum atomic E-state index is 5.35. The Balaban J connectivity index is 1.39. The first kappa shape index (κ1) is 23.4. The van der Waals surface area contributed by atoms with E-state index in [0.717, 1.165) is 39.1 Å². The van der Waals surface area contributed by atoms with Gasteiger partial charge >= 0.3 is 0 Å². The van der Waals surface area contributed by atoms with Crippen LogP contribution in [0.5, 0.6) is 0 Å². The highest BCUT2D eigenvalue weighted by molar-refractivity contribution is 6.14. The van der Waals surface area contributed by atoms with Gasteiger partial charge in [0.2, 0.25) is 0 Å². The lowest BCUT2D eigenvalue weighted by atomic mass is 9.97. The molecule has 0 aliphatic carbocycles. The van der Waals surface area contributed by atoms with E-state index in [2.05, 4.69) is 162 Å². The molecule has 0 saturated heterocycles. The van der Waals surface area contributed by atoms with Gasteiger partial charge in [-0.1, -0.05) is 140 Å². The van der Waals surface area contributed by atoms with Gasteiger partial charge in [-0.2, -0.15) is 0 Å². The Kier molecular flexibility index (Phi) is 5.49. The minimum Gasteiger partial charge on any atom is -0.291 e.